The molecule has 1 amide bonds. The number of unbranched alkanes of at least 4 members (excludes halogenated alkanes) is 27. The number of amides is 1. The van der Waals surface area contributed by atoms with E-state index in [9.17, 15) is 19.8 Å². The average Bonchev–Trinajstić information content (AvgIpc) is 3.25. The molecule has 6 nitrogen and oxygen atoms in total. The van der Waals surface area contributed by atoms with Crippen molar-refractivity contribution < 1.29 is 24.5 Å². The van der Waals surface area contributed by atoms with Crippen molar-refractivity contribution in [3.63, 3.8) is 0 Å². The van der Waals surface area contributed by atoms with Crippen LogP contribution in [0.3, 0.4) is 0 Å². The molecule has 0 spiro atoms. The molecule has 0 aliphatic carbocycles. The van der Waals surface area contributed by atoms with Crippen LogP contribution in [0.2, 0.25) is 0 Å². The van der Waals surface area contributed by atoms with Gasteiger partial charge in [0.25, 0.3) is 0 Å². The standard InChI is InChI=1S/C54H97NO5/c1-3-5-7-9-11-13-15-17-24-28-32-36-40-44-48-54(59)60-49-45-41-37-33-29-25-22-20-18-19-21-23-27-31-35-39-43-47-53(58)55-51(50-56)52(57)46-42-38-34-30-26-16-14-12-10-8-6-4-2/h9,11,15,17-18,20,25,29,42,46,51-52,56-57H,3-8,10,12-14,16,19,21-24,26-28,30-41,43-45,47-50H2,1-2H3,(H,55,58)/b11-9-,17-15-,20-18-,29-25-,46-42+. The molecule has 0 aliphatic rings. The predicted octanol–water partition coefficient (Wildman–Crippen LogP) is 15.2. The van der Waals surface area contributed by atoms with Crippen molar-refractivity contribution in [2.24, 2.45) is 0 Å². The molecule has 348 valence electrons. The summed E-state index contributed by atoms with van der Waals surface area (Å²) in [6.07, 6.45) is 62.2. The lowest BCUT2D eigenvalue weighted by Gasteiger charge is -2.20. The van der Waals surface area contributed by atoms with E-state index in [1.165, 1.54) is 122 Å². The Labute approximate surface area is 371 Å². The average molecular weight is 840 g/mol. The van der Waals surface area contributed by atoms with Crippen LogP contribution < -0.4 is 5.32 Å². The topological polar surface area (TPSA) is 95.9 Å². The van der Waals surface area contributed by atoms with Gasteiger partial charge in [0.1, 0.15) is 0 Å². The van der Waals surface area contributed by atoms with Crippen LogP contribution in [0.15, 0.2) is 60.8 Å². The second-order valence-electron chi connectivity index (χ2n) is 17.1. The van der Waals surface area contributed by atoms with Crippen LogP contribution in [0.25, 0.3) is 0 Å². The summed E-state index contributed by atoms with van der Waals surface area (Å²) >= 11 is 0. The second kappa shape index (κ2) is 49.2. The van der Waals surface area contributed by atoms with Crippen molar-refractivity contribution in [1.82, 2.24) is 5.32 Å². The highest BCUT2D eigenvalue weighted by atomic mass is 16.5. The van der Waals surface area contributed by atoms with Gasteiger partial charge in [0.15, 0.2) is 0 Å². The number of nitrogens with one attached hydrogen (secondary N) is 1. The van der Waals surface area contributed by atoms with Crippen molar-refractivity contribution >= 4 is 11.9 Å². The number of aliphatic hydroxyl groups is 2. The summed E-state index contributed by atoms with van der Waals surface area (Å²) in [4.78, 5) is 24.4. The molecule has 0 aromatic rings. The van der Waals surface area contributed by atoms with Gasteiger partial charge in [0.2, 0.25) is 5.91 Å². The van der Waals surface area contributed by atoms with Crippen LogP contribution in [0.5, 0.6) is 0 Å². The van der Waals surface area contributed by atoms with E-state index >= 15 is 0 Å². The Bertz CT molecular complexity index is 1060. The van der Waals surface area contributed by atoms with E-state index in [1.807, 2.05) is 6.08 Å². The Morgan fingerprint density at radius 2 is 0.850 bits per heavy atom. The van der Waals surface area contributed by atoms with Crippen LogP contribution in [-0.4, -0.2) is 47.4 Å². The zero-order chi connectivity index (χ0) is 43.7. The zero-order valence-electron chi connectivity index (χ0n) is 39.4. The number of hydrogen-bond donors (Lipinski definition) is 3. The highest BCUT2D eigenvalue weighted by Crippen LogP contribution is 2.14. The lowest BCUT2D eigenvalue weighted by molar-refractivity contribution is -0.143. The number of esters is 1. The fourth-order valence-electron chi connectivity index (χ4n) is 7.27. The predicted molar refractivity (Wildman–Crippen MR) is 259 cm³/mol. The molecule has 0 saturated carbocycles. The third-order valence-corrected chi connectivity index (χ3v) is 11.3. The third kappa shape index (κ3) is 45.1. The number of carbonyl (C=O) groups excluding carboxylic acids is 2. The molecule has 0 aromatic carbocycles. The van der Waals surface area contributed by atoms with Gasteiger partial charge < -0.3 is 20.3 Å². The molecule has 0 aromatic heterocycles. The van der Waals surface area contributed by atoms with Gasteiger partial charge >= 0.3 is 5.97 Å². The summed E-state index contributed by atoms with van der Waals surface area (Å²) in [7, 11) is 0. The third-order valence-electron chi connectivity index (χ3n) is 11.3. The second-order valence-corrected chi connectivity index (χ2v) is 17.1. The molecule has 0 rings (SSSR count). The van der Waals surface area contributed by atoms with Crippen LogP contribution in [0.4, 0.5) is 0 Å². The van der Waals surface area contributed by atoms with Crippen LogP contribution >= 0.6 is 0 Å². The quantitative estimate of drug-likeness (QED) is 0.0322. The van der Waals surface area contributed by atoms with Gasteiger partial charge in [-0.1, -0.05) is 197 Å². The van der Waals surface area contributed by atoms with E-state index in [4.69, 9.17) is 4.74 Å². The molecule has 6 heteroatoms. The molecule has 0 heterocycles. The van der Waals surface area contributed by atoms with Crippen molar-refractivity contribution in [3.05, 3.63) is 60.8 Å². The van der Waals surface area contributed by atoms with Gasteiger partial charge in [-0.3, -0.25) is 9.59 Å². The molecule has 3 N–H and O–H groups in total. The lowest BCUT2D eigenvalue weighted by Crippen LogP contribution is -2.45. The number of aliphatic hydroxyl groups excluding tert-OH is 2. The Hall–Kier alpha value is -2.44. The largest absolute Gasteiger partial charge is 0.466 e. The summed E-state index contributed by atoms with van der Waals surface area (Å²) in [5.41, 5.74) is 0. The van der Waals surface area contributed by atoms with Gasteiger partial charge in [-0.05, 0) is 96.3 Å². The molecule has 2 unspecified atom stereocenters. The van der Waals surface area contributed by atoms with Gasteiger partial charge in [-0.15, -0.1) is 0 Å². The summed E-state index contributed by atoms with van der Waals surface area (Å²) in [6, 6.07) is -0.640. The molecule has 0 radical (unpaired) electrons. The van der Waals surface area contributed by atoms with E-state index in [0.29, 0.717) is 19.4 Å². The van der Waals surface area contributed by atoms with Gasteiger partial charge in [0.05, 0.1) is 25.4 Å². The Balaban J connectivity index is 3.55. The smallest absolute Gasteiger partial charge is 0.305 e. The van der Waals surface area contributed by atoms with Crippen molar-refractivity contribution in [1.29, 1.82) is 0 Å². The first-order valence-corrected chi connectivity index (χ1v) is 25.6. The van der Waals surface area contributed by atoms with Gasteiger partial charge in [-0.2, -0.15) is 0 Å². The fourth-order valence-corrected chi connectivity index (χ4v) is 7.27. The van der Waals surface area contributed by atoms with Crippen molar-refractivity contribution in [2.45, 2.75) is 257 Å². The number of hydrogen-bond acceptors (Lipinski definition) is 5. The van der Waals surface area contributed by atoms with E-state index in [0.717, 1.165) is 96.3 Å². The van der Waals surface area contributed by atoms with Crippen molar-refractivity contribution in [3.8, 4) is 0 Å². The maximum atomic E-state index is 12.4. The number of allylic oxidation sites excluding steroid dienone is 9. The molecule has 60 heavy (non-hydrogen) atoms. The van der Waals surface area contributed by atoms with Crippen LogP contribution in [0, 0.1) is 0 Å². The summed E-state index contributed by atoms with van der Waals surface area (Å²) in [6.45, 7) is 4.78. The number of carbonyl (C=O) groups is 2. The maximum absolute atomic E-state index is 12.4. The first-order chi connectivity index (χ1) is 29.5. The number of ether oxygens (including phenoxy) is 1. The van der Waals surface area contributed by atoms with Gasteiger partial charge in [0, 0.05) is 12.8 Å². The minimum atomic E-state index is -0.855. The minimum Gasteiger partial charge on any atom is -0.466 e. The molecule has 0 saturated heterocycles. The summed E-state index contributed by atoms with van der Waals surface area (Å²) < 4.78 is 5.43. The van der Waals surface area contributed by atoms with Crippen LogP contribution in [-0.2, 0) is 14.3 Å². The van der Waals surface area contributed by atoms with Gasteiger partial charge in [-0.25, -0.2) is 0 Å². The van der Waals surface area contributed by atoms with E-state index in [-0.39, 0.29) is 18.5 Å². The summed E-state index contributed by atoms with van der Waals surface area (Å²) in [5, 5.41) is 23.0. The maximum Gasteiger partial charge on any atom is 0.305 e. The van der Waals surface area contributed by atoms with Crippen molar-refractivity contribution in [2.75, 3.05) is 13.2 Å². The highest BCUT2D eigenvalue weighted by Gasteiger charge is 2.18. The van der Waals surface area contributed by atoms with E-state index in [2.05, 4.69) is 67.8 Å². The molecular weight excluding hydrogens is 743 g/mol. The lowest BCUT2D eigenvalue weighted by atomic mass is 10.1. The Morgan fingerprint density at radius 3 is 1.32 bits per heavy atom. The highest BCUT2D eigenvalue weighted by molar-refractivity contribution is 5.76. The Kier molecular flexibility index (Phi) is 47.2. The SMILES string of the molecule is CCCC/C=C\C/C=C\CCCCCCCC(=O)OCCCCC/C=C\C/C=C\CCCCCCCCCC(=O)NC(CO)C(O)/C=C/CCCCCCCCCCCC. The van der Waals surface area contributed by atoms with Crippen LogP contribution in [0.1, 0.15) is 245 Å². The molecule has 0 aliphatic heterocycles. The van der Waals surface area contributed by atoms with E-state index in [1.54, 1.807) is 6.08 Å². The molecule has 0 fully saturated rings. The monoisotopic (exact) mass is 840 g/mol. The zero-order valence-corrected chi connectivity index (χ0v) is 39.4. The Morgan fingerprint density at radius 1 is 0.467 bits per heavy atom. The molecule has 2 atom stereocenters. The summed E-state index contributed by atoms with van der Waals surface area (Å²) in [5.74, 6) is -0.120. The normalized spacial score (nSPS) is 13.2. The molecule has 0 bridgehead atoms. The molecular formula is C54H97NO5. The number of rotatable bonds is 46. The fraction of sp³-hybridized carbons (Fsp3) is 0.778. The first-order valence-electron chi connectivity index (χ1n) is 25.6. The first kappa shape index (κ1) is 57.6. The minimum absolute atomic E-state index is 0.0324. The van der Waals surface area contributed by atoms with E-state index < -0.39 is 12.1 Å².